The van der Waals surface area contributed by atoms with Gasteiger partial charge in [-0.25, -0.2) is 0 Å². The van der Waals surface area contributed by atoms with Crippen molar-refractivity contribution >= 4 is 23.6 Å². The van der Waals surface area contributed by atoms with E-state index in [0.29, 0.717) is 5.75 Å². The van der Waals surface area contributed by atoms with Crippen LogP contribution in [-0.2, 0) is 9.59 Å². The molecule has 0 heterocycles. The maximum absolute atomic E-state index is 11.8. The lowest BCUT2D eigenvalue weighted by molar-refractivity contribution is -0.140. The normalized spacial score (nSPS) is 14.9. The second-order valence-corrected chi connectivity index (χ2v) is 6.08. The van der Waals surface area contributed by atoms with Crippen molar-refractivity contribution < 1.29 is 14.7 Å². The Labute approximate surface area is 129 Å². The Kier molecular flexibility index (Phi) is 6.71. The fourth-order valence-electron chi connectivity index (χ4n) is 1.80. The second-order valence-electron chi connectivity index (χ2n) is 5.22. The molecule has 0 aliphatic rings. The van der Waals surface area contributed by atoms with Crippen molar-refractivity contribution in [2.75, 3.05) is 18.6 Å². The Bertz CT molecular complexity index is 477. The molecule has 1 aromatic carbocycles. The van der Waals surface area contributed by atoms with Gasteiger partial charge in [0.05, 0.1) is 11.6 Å². The lowest BCUT2D eigenvalue weighted by Gasteiger charge is -2.22. The van der Waals surface area contributed by atoms with Crippen molar-refractivity contribution in [2.45, 2.75) is 25.5 Å². The highest BCUT2D eigenvalue weighted by atomic mass is 32.2. The van der Waals surface area contributed by atoms with Crippen molar-refractivity contribution in [2.24, 2.45) is 0 Å². The van der Waals surface area contributed by atoms with E-state index in [9.17, 15) is 14.7 Å². The molecule has 0 radical (unpaired) electrons. The predicted octanol–water partition coefficient (Wildman–Crippen LogP) is 1.09. The summed E-state index contributed by atoms with van der Waals surface area (Å²) >= 11 is 1.47. The van der Waals surface area contributed by atoms with E-state index in [1.807, 2.05) is 43.5 Å². The smallest absolute Gasteiger partial charge is 0.309 e. The third-order valence-electron chi connectivity index (χ3n) is 2.94. The highest BCUT2D eigenvalue weighted by Gasteiger charge is 2.23. The third kappa shape index (κ3) is 6.18. The van der Waals surface area contributed by atoms with Crippen LogP contribution in [0.25, 0.3) is 0 Å². The van der Waals surface area contributed by atoms with Crippen LogP contribution in [0.3, 0.4) is 0 Å². The van der Waals surface area contributed by atoms with Crippen LogP contribution in [0.15, 0.2) is 30.3 Å². The van der Waals surface area contributed by atoms with Crippen molar-refractivity contribution in [1.29, 1.82) is 0 Å². The van der Waals surface area contributed by atoms with Crippen LogP contribution in [0.1, 0.15) is 25.5 Å². The maximum atomic E-state index is 11.8. The molecule has 0 bridgehead atoms. The molecule has 3 N–H and O–H groups in total. The molecule has 116 valence electrons. The lowest BCUT2D eigenvalue weighted by Crippen LogP contribution is -2.47. The molecule has 0 aromatic heterocycles. The molecule has 2 amide bonds. The fraction of sp³-hybridized carbons (Fsp3) is 0.467. The third-order valence-corrected chi connectivity index (χ3v) is 3.85. The van der Waals surface area contributed by atoms with Gasteiger partial charge in [0.1, 0.15) is 0 Å². The molecule has 5 nitrogen and oxygen atoms in total. The fourth-order valence-corrected chi connectivity index (χ4v) is 2.52. The number of thioether (sulfide) groups is 1. The highest BCUT2D eigenvalue weighted by Crippen LogP contribution is 2.11. The Morgan fingerprint density at radius 3 is 2.48 bits per heavy atom. The van der Waals surface area contributed by atoms with E-state index in [1.165, 1.54) is 11.8 Å². The summed E-state index contributed by atoms with van der Waals surface area (Å²) in [5.41, 5.74) is -0.103. The Morgan fingerprint density at radius 2 is 1.90 bits per heavy atom. The largest absolute Gasteiger partial charge is 0.387 e. The molecule has 2 unspecified atom stereocenters. The van der Waals surface area contributed by atoms with Crippen LogP contribution in [0.5, 0.6) is 0 Å². The Balaban J connectivity index is 2.46. The van der Waals surface area contributed by atoms with Crippen LogP contribution in [0, 0.1) is 0 Å². The summed E-state index contributed by atoms with van der Waals surface area (Å²) in [6, 6.07) is 9.14. The SMILES string of the molecule is CSCC(C)(O)CNC(=O)C(=O)NC(C)c1ccccc1. The number of amides is 2. The number of aliphatic hydroxyl groups is 1. The molecule has 0 saturated heterocycles. The van der Waals surface area contributed by atoms with E-state index in [1.54, 1.807) is 6.92 Å². The minimum atomic E-state index is -1.03. The van der Waals surface area contributed by atoms with Crippen LogP contribution in [0.2, 0.25) is 0 Å². The van der Waals surface area contributed by atoms with Gasteiger partial charge in [-0.1, -0.05) is 30.3 Å². The van der Waals surface area contributed by atoms with Gasteiger partial charge in [0.15, 0.2) is 0 Å². The molecular formula is C15H22N2O3S. The predicted molar refractivity (Wildman–Crippen MR) is 85.0 cm³/mol. The zero-order valence-electron chi connectivity index (χ0n) is 12.6. The molecule has 1 rings (SSSR count). The topological polar surface area (TPSA) is 78.4 Å². The van der Waals surface area contributed by atoms with Gasteiger partial charge in [-0.2, -0.15) is 11.8 Å². The summed E-state index contributed by atoms with van der Waals surface area (Å²) in [7, 11) is 0. The zero-order chi connectivity index (χ0) is 15.9. The Hall–Kier alpha value is -1.53. The van der Waals surface area contributed by atoms with Gasteiger partial charge < -0.3 is 15.7 Å². The number of rotatable bonds is 6. The summed E-state index contributed by atoms with van der Waals surface area (Å²) in [5, 5.41) is 15.0. The van der Waals surface area contributed by atoms with Gasteiger partial charge in [0.25, 0.3) is 0 Å². The van der Waals surface area contributed by atoms with Gasteiger partial charge >= 0.3 is 11.8 Å². The van der Waals surface area contributed by atoms with Crippen LogP contribution < -0.4 is 10.6 Å². The van der Waals surface area contributed by atoms with E-state index >= 15 is 0 Å². The summed E-state index contributed by atoms with van der Waals surface area (Å²) in [4.78, 5) is 23.5. The first kappa shape index (κ1) is 17.5. The minimum Gasteiger partial charge on any atom is -0.387 e. The van der Waals surface area contributed by atoms with Crippen molar-refractivity contribution in [3.63, 3.8) is 0 Å². The number of benzene rings is 1. The molecule has 0 aliphatic carbocycles. The molecule has 1 aromatic rings. The summed E-state index contributed by atoms with van der Waals surface area (Å²) in [5.74, 6) is -0.958. The summed E-state index contributed by atoms with van der Waals surface area (Å²) in [6.07, 6.45) is 1.87. The standard InChI is InChI=1S/C15H22N2O3S/c1-11(12-7-5-4-6-8-12)17-14(19)13(18)16-9-15(2,20)10-21-3/h4-8,11,20H,9-10H2,1-3H3,(H,16,18)(H,17,19). The van der Waals surface area contributed by atoms with Crippen LogP contribution in [-0.4, -0.2) is 41.1 Å². The second kappa shape index (κ2) is 8.05. The van der Waals surface area contributed by atoms with E-state index in [2.05, 4.69) is 10.6 Å². The zero-order valence-corrected chi connectivity index (χ0v) is 13.4. The molecule has 2 atom stereocenters. The van der Waals surface area contributed by atoms with E-state index in [4.69, 9.17) is 0 Å². The monoisotopic (exact) mass is 310 g/mol. The van der Waals surface area contributed by atoms with Gasteiger partial charge in [0.2, 0.25) is 0 Å². The average Bonchev–Trinajstić information content (AvgIpc) is 2.45. The number of hydrogen-bond acceptors (Lipinski definition) is 4. The molecule has 0 aliphatic heterocycles. The van der Waals surface area contributed by atoms with Crippen molar-refractivity contribution in [3.8, 4) is 0 Å². The Morgan fingerprint density at radius 1 is 1.29 bits per heavy atom. The maximum Gasteiger partial charge on any atom is 0.309 e. The van der Waals surface area contributed by atoms with Crippen LogP contribution >= 0.6 is 11.8 Å². The van der Waals surface area contributed by atoms with Gasteiger partial charge in [0, 0.05) is 12.3 Å². The molecule has 21 heavy (non-hydrogen) atoms. The molecule has 0 spiro atoms. The lowest BCUT2D eigenvalue weighted by atomic mass is 10.1. The quantitative estimate of drug-likeness (QED) is 0.687. The number of hydrogen-bond donors (Lipinski definition) is 3. The molecular weight excluding hydrogens is 288 g/mol. The number of nitrogens with one attached hydrogen (secondary N) is 2. The highest BCUT2D eigenvalue weighted by molar-refractivity contribution is 7.98. The summed E-state index contributed by atoms with van der Waals surface area (Å²) < 4.78 is 0. The van der Waals surface area contributed by atoms with Crippen LogP contribution in [0.4, 0.5) is 0 Å². The van der Waals surface area contributed by atoms with Gasteiger partial charge in [-0.05, 0) is 25.7 Å². The summed E-state index contributed by atoms with van der Waals surface area (Å²) in [6.45, 7) is 3.47. The molecule has 0 saturated carbocycles. The van der Waals surface area contributed by atoms with Crippen molar-refractivity contribution in [1.82, 2.24) is 10.6 Å². The minimum absolute atomic E-state index is 0.0415. The molecule has 0 fully saturated rings. The van der Waals surface area contributed by atoms with Gasteiger partial charge in [-0.15, -0.1) is 0 Å². The van der Waals surface area contributed by atoms with E-state index in [0.717, 1.165) is 5.56 Å². The van der Waals surface area contributed by atoms with E-state index in [-0.39, 0.29) is 12.6 Å². The van der Waals surface area contributed by atoms with Gasteiger partial charge in [-0.3, -0.25) is 9.59 Å². The first-order valence-corrected chi connectivity index (χ1v) is 8.10. The number of carbonyl (C=O) groups is 2. The van der Waals surface area contributed by atoms with Crippen molar-refractivity contribution in [3.05, 3.63) is 35.9 Å². The number of carbonyl (C=O) groups excluding carboxylic acids is 2. The molecule has 6 heteroatoms. The van der Waals surface area contributed by atoms with E-state index < -0.39 is 17.4 Å². The average molecular weight is 310 g/mol. The first-order valence-electron chi connectivity index (χ1n) is 6.70. The first-order chi connectivity index (χ1) is 9.85.